The number of benzene rings is 6. The topological polar surface area (TPSA) is 156 Å². The number of nitrogens with zero attached hydrogens (tertiary/aromatic N) is 6. The summed E-state index contributed by atoms with van der Waals surface area (Å²) >= 11 is 0. The molecule has 418 valence electrons. The van der Waals surface area contributed by atoms with E-state index in [-0.39, 0.29) is 22.6 Å². The molecule has 0 saturated heterocycles. The Morgan fingerprint density at radius 3 is 1.21 bits per heavy atom. The highest BCUT2D eigenvalue weighted by molar-refractivity contribution is 5.76. The van der Waals surface area contributed by atoms with Gasteiger partial charge < -0.3 is 19.7 Å². The molecule has 8 rings (SSSR count). The second-order valence-electron chi connectivity index (χ2n) is 22.7. The molecule has 13 nitrogen and oxygen atoms in total. The molecule has 6 aromatic carbocycles. The Bertz CT molecular complexity index is 3460. The number of aryl methyl sites for hydroxylation is 6. The average Bonchev–Trinajstić information content (AvgIpc) is 3.87. The number of carboxylic acids is 1. The van der Waals surface area contributed by atoms with Gasteiger partial charge in [-0.2, -0.15) is 10.2 Å². The number of aliphatic hydroxyl groups is 1. The number of aliphatic carboxylic acids is 1. The van der Waals surface area contributed by atoms with Crippen molar-refractivity contribution in [2.24, 2.45) is 0 Å². The fraction of sp³-hybridized carbons (Fsp3) is 0.328. The molecule has 0 atom stereocenters. The second kappa shape index (κ2) is 26.0. The van der Waals surface area contributed by atoms with Crippen LogP contribution in [0, 0.1) is 13.8 Å². The first kappa shape index (κ1) is 59.2. The molecule has 0 bridgehead atoms. The van der Waals surface area contributed by atoms with Crippen LogP contribution in [0.15, 0.2) is 174 Å². The highest BCUT2D eigenvalue weighted by atomic mass is 16.5. The van der Waals surface area contributed by atoms with E-state index in [2.05, 4.69) is 89.4 Å². The summed E-state index contributed by atoms with van der Waals surface area (Å²) in [6.45, 7) is 26.5. The smallest absolute Gasteiger partial charge is 0.347 e. The summed E-state index contributed by atoms with van der Waals surface area (Å²) in [6, 6.07) is 48.3. The third kappa shape index (κ3) is 16.3. The van der Waals surface area contributed by atoms with Crippen molar-refractivity contribution in [3.8, 4) is 11.5 Å². The van der Waals surface area contributed by atoms with Crippen molar-refractivity contribution >= 4 is 12.0 Å². The zero-order chi connectivity index (χ0) is 57.8. The quantitative estimate of drug-likeness (QED) is 0.0595. The number of hydrogen-bond donors (Lipinski definition) is 2. The van der Waals surface area contributed by atoms with E-state index >= 15 is 0 Å². The molecule has 0 aliphatic heterocycles. The normalized spacial score (nSPS) is 11.7. The van der Waals surface area contributed by atoms with Gasteiger partial charge in [-0.05, 0) is 141 Å². The van der Waals surface area contributed by atoms with Crippen LogP contribution >= 0.6 is 0 Å². The summed E-state index contributed by atoms with van der Waals surface area (Å²) in [5.74, 6) is 1.70. The summed E-state index contributed by atoms with van der Waals surface area (Å²) < 4.78 is 18.2. The van der Waals surface area contributed by atoms with Gasteiger partial charge in [0.25, 0.3) is 0 Å². The van der Waals surface area contributed by atoms with E-state index in [0.717, 1.165) is 70.7 Å². The zero-order valence-electron chi connectivity index (χ0n) is 48.0. The van der Waals surface area contributed by atoms with Gasteiger partial charge in [0.1, 0.15) is 28.9 Å². The molecule has 0 radical (unpaired) electrons. The molecule has 2 heterocycles. The molecule has 0 saturated carbocycles. The van der Waals surface area contributed by atoms with E-state index in [4.69, 9.17) is 19.7 Å². The maximum Gasteiger partial charge on any atom is 0.347 e. The number of aliphatic hydroxyl groups excluding tert-OH is 1. The minimum Gasteiger partial charge on any atom is -0.509 e. The van der Waals surface area contributed by atoms with Gasteiger partial charge in [-0.1, -0.05) is 172 Å². The van der Waals surface area contributed by atoms with Crippen LogP contribution in [0.2, 0.25) is 0 Å². The van der Waals surface area contributed by atoms with Gasteiger partial charge in [0.05, 0.1) is 26.2 Å². The molecule has 8 aromatic rings. The van der Waals surface area contributed by atoms with Crippen LogP contribution < -0.4 is 20.9 Å². The number of ether oxygens (including phenoxy) is 2. The van der Waals surface area contributed by atoms with Gasteiger partial charge in [0.2, 0.25) is 0 Å². The highest BCUT2D eigenvalue weighted by Gasteiger charge is 2.29. The highest BCUT2D eigenvalue weighted by Crippen LogP contribution is 2.25. The second-order valence-corrected chi connectivity index (χ2v) is 22.7. The van der Waals surface area contributed by atoms with Crippen LogP contribution in [-0.2, 0) is 62.1 Å². The lowest BCUT2D eigenvalue weighted by Gasteiger charge is -2.25. The predicted octanol–water partition coefficient (Wildman–Crippen LogP) is 12.7. The molecule has 0 amide bonds. The Labute approximate surface area is 471 Å². The molecule has 2 aromatic heterocycles. The first-order valence-corrected chi connectivity index (χ1v) is 27.4. The maximum absolute atomic E-state index is 13.5. The average molecular weight is 1080 g/mol. The van der Waals surface area contributed by atoms with Gasteiger partial charge >= 0.3 is 17.3 Å². The standard InChI is InChI=1S/C35H43N3O3.C32H35N3O4/c1-25-11-13-29(14-12-25)24-38-33(40)37(23-28-15-19-30(20-16-28)34(3,4)5)32(36-38)10-8-9-27-17-21-31(22-18-27)41-35(6,7)26(2)39;1-5-24-13-15-26(16-14-24)21-34-29(33-35(31(34)38)22-27-11-9-23(2)10-12-27)8-6-7-25-17-19-28(20-18-25)39-32(3,4)30(36)37/h11-22,39H,2,8-10,23-24H2,1,3-7H3;5,9-20H,1,6-8,21-22H2,2-4H3,(H,36,37). The van der Waals surface area contributed by atoms with Gasteiger partial charge in [-0.15, -0.1) is 0 Å². The van der Waals surface area contributed by atoms with Crippen molar-refractivity contribution in [1.29, 1.82) is 0 Å². The Kier molecular flexibility index (Phi) is 19.3. The minimum absolute atomic E-state index is 0.0143. The van der Waals surface area contributed by atoms with Crippen molar-refractivity contribution < 1.29 is 24.5 Å². The number of aromatic nitrogens is 6. The van der Waals surface area contributed by atoms with Gasteiger partial charge in [0, 0.05) is 12.8 Å². The summed E-state index contributed by atoms with van der Waals surface area (Å²) in [5.41, 5.74) is 8.84. The molecule has 2 N–H and O–H groups in total. The van der Waals surface area contributed by atoms with Gasteiger partial charge in [-0.3, -0.25) is 9.13 Å². The van der Waals surface area contributed by atoms with Gasteiger partial charge in [0.15, 0.2) is 11.2 Å². The third-order valence-electron chi connectivity index (χ3n) is 14.2. The van der Waals surface area contributed by atoms with E-state index in [1.54, 1.807) is 46.0 Å². The van der Waals surface area contributed by atoms with Crippen molar-refractivity contribution in [3.05, 3.63) is 253 Å². The molecule has 13 heteroatoms. The maximum atomic E-state index is 13.5. The molecular weight excluding hydrogens is 1000 g/mol. The first-order chi connectivity index (χ1) is 38.0. The lowest BCUT2D eigenvalue weighted by atomic mass is 9.87. The van der Waals surface area contributed by atoms with Crippen molar-refractivity contribution in [2.45, 2.75) is 144 Å². The molecule has 0 aliphatic rings. The van der Waals surface area contributed by atoms with Crippen LogP contribution in [0.5, 0.6) is 11.5 Å². The SMILES string of the molecule is C=C(O)C(C)(C)Oc1ccc(CCCc2nn(Cc3ccc(C)cc3)c(=O)n2Cc2ccc(C(C)(C)C)cc2)cc1.C=Cc1ccc(Cn2c(CCCc3ccc(OC(C)(C)C(=O)O)cc3)nn(Cc3ccc(C)cc3)c2=O)cc1. The zero-order valence-corrected chi connectivity index (χ0v) is 48.0. The Balaban J connectivity index is 0.000000231. The van der Waals surface area contributed by atoms with Crippen LogP contribution in [-0.4, -0.2) is 56.1 Å². The Morgan fingerprint density at radius 2 is 0.850 bits per heavy atom. The molecule has 0 spiro atoms. The Hall–Kier alpha value is -8.45. The fourth-order valence-electron chi connectivity index (χ4n) is 8.87. The number of rotatable bonds is 23. The van der Waals surface area contributed by atoms with Crippen molar-refractivity contribution in [2.75, 3.05) is 0 Å². The van der Waals surface area contributed by atoms with Crippen LogP contribution in [0.4, 0.5) is 0 Å². The van der Waals surface area contributed by atoms with Crippen LogP contribution in [0.1, 0.15) is 129 Å². The van der Waals surface area contributed by atoms with Crippen molar-refractivity contribution in [1.82, 2.24) is 28.7 Å². The predicted molar refractivity (Wildman–Crippen MR) is 319 cm³/mol. The fourth-order valence-corrected chi connectivity index (χ4v) is 8.87. The van der Waals surface area contributed by atoms with Crippen LogP contribution in [0.3, 0.4) is 0 Å². The molecule has 0 aliphatic carbocycles. The minimum atomic E-state index is -1.30. The first-order valence-electron chi connectivity index (χ1n) is 27.4. The number of carboxylic acid groups (broad SMARTS) is 1. The summed E-state index contributed by atoms with van der Waals surface area (Å²) in [4.78, 5) is 38.3. The van der Waals surface area contributed by atoms with E-state index in [9.17, 15) is 24.6 Å². The van der Waals surface area contributed by atoms with E-state index in [1.165, 1.54) is 36.1 Å². The lowest BCUT2D eigenvalue weighted by molar-refractivity contribution is -0.152. The van der Waals surface area contributed by atoms with E-state index in [0.29, 0.717) is 50.5 Å². The monoisotopic (exact) mass is 1080 g/mol. The molecular formula is C67H78N6O7. The summed E-state index contributed by atoms with van der Waals surface area (Å²) in [5, 5.41) is 28.6. The lowest BCUT2D eigenvalue weighted by Crippen LogP contribution is -2.37. The Morgan fingerprint density at radius 1 is 0.500 bits per heavy atom. The summed E-state index contributed by atoms with van der Waals surface area (Å²) in [7, 11) is 0. The molecule has 0 fully saturated rings. The third-order valence-corrected chi connectivity index (χ3v) is 14.2. The summed E-state index contributed by atoms with van der Waals surface area (Å²) in [6.07, 6.45) is 6.41. The van der Waals surface area contributed by atoms with Crippen LogP contribution in [0.25, 0.3) is 6.08 Å². The number of hydrogen-bond acceptors (Lipinski definition) is 8. The largest absolute Gasteiger partial charge is 0.509 e. The van der Waals surface area contributed by atoms with E-state index < -0.39 is 17.2 Å². The number of carbonyl (C=O) groups is 1. The molecule has 80 heavy (non-hydrogen) atoms. The van der Waals surface area contributed by atoms with Gasteiger partial charge in [-0.25, -0.2) is 23.7 Å². The van der Waals surface area contributed by atoms with Crippen molar-refractivity contribution in [3.63, 3.8) is 0 Å². The molecule has 0 unspecified atom stereocenters. The van der Waals surface area contributed by atoms with E-state index in [1.807, 2.05) is 96.4 Å².